The van der Waals surface area contributed by atoms with Crippen LogP contribution in [0.1, 0.15) is 30.9 Å². The van der Waals surface area contributed by atoms with Gasteiger partial charge in [-0.15, -0.1) is 0 Å². The van der Waals surface area contributed by atoms with Crippen molar-refractivity contribution >= 4 is 21.6 Å². The molecule has 0 fully saturated rings. The molecule has 0 heterocycles. The molecule has 0 saturated heterocycles. The van der Waals surface area contributed by atoms with Gasteiger partial charge in [0.1, 0.15) is 5.75 Å². The fraction of sp³-hybridized carbons (Fsp3) is 0.400. The first-order valence-electron chi connectivity index (χ1n) is 4.52. The summed E-state index contributed by atoms with van der Waals surface area (Å²) in [5.41, 5.74) is 1.08. The number of aromatic hydroxyl groups is 1. The van der Waals surface area contributed by atoms with E-state index >= 15 is 0 Å². The van der Waals surface area contributed by atoms with Crippen molar-refractivity contribution in [1.29, 1.82) is 0 Å². The highest BCUT2D eigenvalue weighted by atomic mass is 79.9. The van der Waals surface area contributed by atoms with Crippen LogP contribution < -0.4 is 0 Å². The summed E-state index contributed by atoms with van der Waals surface area (Å²) in [5, 5.41) is 20.5. The molecule has 0 aliphatic carbocycles. The van der Waals surface area contributed by atoms with Crippen molar-refractivity contribution in [2.24, 2.45) is 0 Å². The molecule has 1 aromatic carbocycles. The molecule has 82 valence electrons. The van der Waals surface area contributed by atoms with E-state index in [2.05, 4.69) is 15.9 Å². The number of benzene rings is 1. The Bertz CT molecular complexity index is 416. The number of rotatable bonds is 2. The van der Waals surface area contributed by atoms with Crippen molar-refractivity contribution in [3.05, 3.63) is 31.8 Å². The highest BCUT2D eigenvalue weighted by Gasteiger charge is 2.23. The number of aryl methyl sites for hydroxylation is 1. The lowest BCUT2D eigenvalue weighted by Crippen LogP contribution is -2.00. The van der Waals surface area contributed by atoms with Gasteiger partial charge in [0.05, 0.1) is 15.0 Å². The van der Waals surface area contributed by atoms with Crippen LogP contribution in [0.5, 0.6) is 5.75 Å². The zero-order valence-electron chi connectivity index (χ0n) is 8.74. The Balaban J connectivity index is 3.58. The Hall–Kier alpha value is -1.10. The number of nitrogens with zero attached hydrogens (tertiary/aromatic N) is 1. The van der Waals surface area contributed by atoms with E-state index in [4.69, 9.17) is 0 Å². The fourth-order valence-electron chi connectivity index (χ4n) is 1.46. The first-order valence-corrected chi connectivity index (χ1v) is 5.32. The number of hydrogen-bond acceptors (Lipinski definition) is 3. The summed E-state index contributed by atoms with van der Waals surface area (Å²) in [6, 6.07) is 1.40. The molecular formula is C10H12BrNO3. The molecule has 5 heteroatoms. The number of nitro groups is 1. The van der Waals surface area contributed by atoms with E-state index in [0.717, 1.165) is 0 Å². The lowest BCUT2D eigenvalue weighted by molar-refractivity contribution is -0.385. The number of hydrogen-bond donors (Lipinski definition) is 1. The summed E-state index contributed by atoms with van der Waals surface area (Å²) in [4.78, 5) is 10.4. The zero-order valence-corrected chi connectivity index (χ0v) is 10.3. The van der Waals surface area contributed by atoms with Crippen molar-refractivity contribution in [3.8, 4) is 5.75 Å². The largest absolute Gasteiger partial charge is 0.506 e. The third kappa shape index (κ3) is 2.12. The van der Waals surface area contributed by atoms with Crippen LogP contribution in [-0.4, -0.2) is 10.0 Å². The molecule has 0 radical (unpaired) electrons. The van der Waals surface area contributed by atoms with Crippen molar-refractivity contribution in [2.45, 2.75) is 26.7 Å². The van der Waals surface area contributed by atoms with Crippen LogP contribution in [0, 0.1) is 17.0 Å². The molecule has 0 atom stereocenters. The van der Waals surface area contributed by atoms with E-state index in [9.17, 15) is 15.2 Å². The highest BCUT2D eigenvalue weighted by molar-refractivity contribution is 9.10. The number of halogens is 1. The lowest BCUT2D eigenvalue weighted by Gasteiger charge is -2.12. The van der Waals surface area contributed by atoms with Gasteiger partial charge in [-0.2, -0.15) is 0 Å². The molecule has 0 aromatic heterocycles. The molecule has 1 rings (SSSR count). The Kier molecular flexibility index (Phi) is 3.34. The first kappa shape index (κ1) is 12.0. The quantitative estimate of drug-likeness (QED) is 0.663. The predicted octanol–water partition coefficient (Wildman–Crippen LogP) is 3.49. The van der Waals surface area contributed by atoms with Gasteiger partial charge in [0.2, 0.25) is 0 Å². The molecule has 0 aliphatic rings. The number of phenolic OH excluding ortho intramolecular Hbond substituents is 1. The van der Waals surface area contributed by atoms with Crippen LogP contribution in [0.15, 0.2) is 10.5 Å². The van der Waals surface area contributed by atoms with Gasteiger partial charge >= 0.3 is 0 Å². The van der Waals surface area contributed by atoms with Gasteiger partial charge in [-0.1, -0.05) is 13.8 Å². The molecule has 1 aromatic rings. The molecule has 0 unspecified atom stereocenters. The molecular weight excluding hydrogens is 262 g/mol. The van der Waals surface area contributed by atoms with E-state index in [1.165, 1.54) is 6.07 Å². The number of phenols is 1. The summed E-state index contributed by atoms with van der Waals surface area (Å²) in [7, 11) is 0. The molecule has 4 nitrogen and oxygen atoms in total. The Morgan fingerprint density at radius 2 is 2.07 bits per heavy atom. The second-order valence-electron chi connectivity index (χ2n) is 3.70. The summed E-state index contributed by atoms with van der Waals surface area (Å²) in [6.45, 7) is 5.33. The zero-order chi connectivity index (χ0) is 11.7. The smallest absolute Gasteiger partial charge is 0.274 e. The second kappa shape index (κ2) is 4.18. The van der Waals surface area contributed by atoms with E-state index in [-0.39, 0.29) is 17.4 Å². The molecule has 0 aliphatic heterocycles. The minimum Gasteiger partial charge on any atom is -0.506 e. The van der Waals surface area contributed by atoms with Crippen molar-refractivity contribution in [1.82, 2.24) is 0 Å². The molecule has 1 N–H and O–H groups in total. The topological polar surface area (TPSA) is 63.4 Å². The van der Waals surface area contributed by atoms with Gasteiger partial charge in [0.25, 0.3) is 5.69 Å². The molecule has 0 amide bonds. The van der Waals surface area contributed by atoms with Crippen LogP contribution in [0.3, 0.4) is 0 Å². The fourth-order valence-corrected chi connectivity index (χ4v) is 2.44. The van der Waals surface area contributed by atoms with Gasteiger partial charge < -0.3 is 5.11 Å². The molecule has 0 bridgehead atoms. The van der Waals surface area contributed by atoms with Crippen molar-refractivity contribution < 1.29 is 10.0 Å². The standard InChI is InChI=1S/C10H12BrNO3/c1-5(2)8-7(12(14)15)4-6(3)10(13)9(8)11/h4-5,13H,1-3H3. The maximum atomic E-state index is 10.8. The van der Waals surface area contributed by atoms with Crippen LogP contribution in [0.4, 0.5) is 5.69 Å². The third-order valence-electron chi connectivity index (χ3n) is 2.22. The number of nitro benzene ring substituents is 1. The Labute approximate surface area is 96.2 Å². The van der Waals surface area contributed by atoms with E-state index < -0.39 is 4.92 Å². The van der Waals surface area contributed by atoms with E-state index in [0.29, 0.717) is 15.6 Å². The maximum absolute atomic E-state index is 10.8. The van der Waals surface area contributed by atoms with Crippen LogP contribution in [0.2, 0.25) is 0 Å². The van der Waals surface area contributed by atoms with Crippen LogP contribution in [-0.2, 0) is 0 Å². The predicted molar refractivity (Wildman–Crippen MR) is 61.3 cm³/mol. The van der Waals surface area contributed by atoms with Gasteiger partial charge in [-0.25, -0.2) is 0 Å². The lowest BCUT2D eigenvalue weighted by atomic mass is 9.99. The SMILES string of the molecule is Cc1cc([N+](=O)[O-])c(C(C)C)c(Br)c1O. The van der Waals surface area contributed by atoms with Gasteiger partial charge in [-0.3, -0.25) is 10.1 Å². The molecule has 0 spiro atoms. The van der Waals surface area contributed by atoms with E-state index in [1.54, 1.807) is 6.92 Å². The van der Waals surface area contributed by atoms with Crippen LogP contribution in [0.25, 0.3) is 0 Å². The molecule has 15 heavy (non-hydrogen) atoms. The summed E-state index contributed by atoms with van der Waals surface area (Å²) in [5.74, 6) is 0.0515. The van der Waals surface area contributed by atoms with Crippen molar-refractivity contribution in [2.75, 3.05) is 0 Å². The normalized spacial score (nSPS) is 10.7. The highest BCUT2D eigenvalue weighted by Crippen LogP contribution is 2.40. The summed E-state index contributed by atoms with van der Waals surface area (Å²) in [6.07, 6.45) is 0. The average molecular weight is 274 g/mol. The van der Waals surface area contributed by atoms with Gasteiger partial charge in [0, 0.05) is 6.07 Å². The van der Waals surface area contributed by atoms with E-state index in [1.807, 2.05) is 13.8 Å². The van der Waals surface area contributed by atoms with Crippen LogP contribution >= 0.6 is 15.9 Å². The summed E-state index contributed by atoms with van der Waals surface area (Å²) < 4.78 is 0.421. The minimum atomic E-state index is -0.424. The summed E-state index contributed by atoms with van der Waals surface area (Å²) >= 11 is 3.20. The minimum absolute atomic E-state index is 0.0220. The average Bonchev–Trinajstić information content (AvgIpc) is 2.12. The van der Waals surface area contributed by atoms with Crippen molar-refractivity contribution in [3.63, 3.8) is 0 Å². The first-order chi connectivity index (χ1) is 6.86. The second-order valence-corrected chi connectivity index (χ2v) is 4.49. The Morgan fingerprint density at radius 3 is 2.47 bits per heavy atom. The molecule has 0 saturated carbocycles. The third-order valence-corrected chi connectivity index (χ3v) is 3.02. The monoisotopic (exact) mass is 273 g/mol. The van der Waals surface area contributed by atoms with Gasteiger partial charge in [-0.05, 0) is 34.3 Å². The Morgan fingerprint density at radius 1 is 1.53 bits per heavy atom. The van der Waals surface area contributed by atoms with Gasteiger partial charge in [0.15, 0.2) is 0 Å². The maximum Gasteiger partial charge on any atom is 0.274 e.